The Morgan fingerprint density at radius 1 is 1.45 bits per heavy atom. The Kier molecular flexibility index (Phi) is 5.64. The van der Waals surface area contributed by atoms with Crippen molar-refractivity contribution >= 4 is 11.7 Å². The number of hydrogen-bond donors (Lipinski definition) is 2. The number of nitrogens with zero attached hydrogens (tertiary/aromatic N) is 1. The van der Waals surface area contributed by atoms with Crippen LogP contribution in [0, 0.1) is 23.0 Å². The highest BCUT2D eigenvalue weighted by molar-refractivity contribution is 5.73. The Labute approximate surface area is 118 Å². The van der Waals surface area contributed by atoms with Crippen molar-refractivity contribution < 1.29 is 14.8 Å². The van der Waals surface area contributed by atoms with Gasteiger partial charge in [-0.3, -0.25) is 14.9 Å². The molecule has 0 saturated carbocycles. The van der Waals surface area contributed by atoms with E-state index >= 15 is 0 Å². The molecule has 0 aliphatic carbocycles. The van der Waals surface area contributed by atoms with Gasteiger partial charge in [0, 0.05) is 18.2 Å². The van der Waals surface area contributed by atoms with Crippen LogP contribution in [0.25, 0.3) is 0 Å². The average molecular weight is 280 g/mol. The number of rotatable bonds is 7. The van der Waals surface area contributed by atoms with Crippen LogP contribution in [-0.2, 0) is 11.3 Å². The number of nitrogens with one attached hydrogen (secondary N) is 1. The number of aryl methyl sites for hydroxylation is 1. The van der Waals surface area contributed by atoms with Gasteiger partial charge in [0.05, 0.1) is 4.92 Å². The van der Waals surface area contributed by atoms with Crippen molar-refractivity contribution in [3.63, 3.8) is 0 Å². The molecule has 0 radical (unpaired) electrons. The number of carbonyl (C=O) groups is 1. The molecule has 1 aromatic rings. The van der Waals surface area contributed by atoms with Crippen LogP contribution in [0.3, 0.4) is 0 Å². The van der Waals surface area contributed by atoms with E-state index < -0.39 is 16.9 Å². The molecular weight excluding hydrogens is 260 g/mol. The smallest absolute Gasteiger partial charge is 0.320 e. The fourth-order valence-corrected chi connectivity index (χ4v) is 1.95. The Morgan fingerprint density at radius 3 is 2.60 bits per heavy atom. The Bertz CT molecular complexity index is 500. The van der Waals surface area contributed by atoms with Crippen LogP contribution >= 0.6 is 0 Å². The third-order valence-electron chi connectivity index (χ3n) is 3.03. The predicted octanol–water partition coefficient (Wildman–Crippen LogP) is 2.49. The predicted molar refractivity (Wildman–Crippen MR) is 75.6 cm³/mol. The number of hydrogen-bond acceptors (Lipinski definition) is 4. The normalized spacial score (nSPS) is 12.4. The summed E-state index contributed by atoms with van der Waals surface area (Å²) in [5.74, 6) is -0.642. The van der Waals surface area contributed by atoms with Gasteiger partial charge in [0.2, 0.25) is 0 Å². The van der Waals surface area contributed by atoms with Crippen molar-refractivity contribution in [2.45, 2.75) is 39.8 Å². The number of benzene rings is 1. The third-order valence-corrected chi connectivity index (χ3v) is 3.03. The van der Waals surface area contributed by atoms with Crippen molar-refractivity contribution in [1.29, 1.82) is 0 Å². The summed E-state index contributed by atoms with van der Waals surface area (Å²) in [5, 5.41) is 22.9. The summed E-state index contributed by atoms with van der Waals surface area (Å²) in [6.07, 6.45) is 0.517. The Balaban J connectivity index is 2.75. The number of carboxylic acid groups (broad SMARTS) is 1. The first-order chi connectivity index (χ1) is 9.31. The van der Waals surface area contributed by atoms with Crippen LogP contribution < -0.4 is 5.32 Å². The summed E-state index contributed by atoms with van der Waals surface area (Å²) in [7, 11) is 0. The minimum absolute atomic E-state index is 0.0556. The molecule has 110 valence electrons. The molecule has 1 unspecified atom stereocenters. The molecule has 0 bridgehead atoms. The van der Waals surface area contributed by atoms with E-state index in [1.54, 1.807) is 19.1 Å². The van der Waals surface area contributed by atoms with Gasteiger partial charge in [0.15, 0.2) is 0 Å². The molecule has 20 heavy (non-hydrogen) atoms. The fraction of sp³-hybridized carbons (Fsp3) is 0.500. The monoisotopic (exact) mass is 280 g/mol. The molecule has 0 aliphatic heterocycles. The zero-order chi connectivity index (χ0) is 15.3. The molecular formula is C14H20N2O4. The quantitative estimate of drug-likeness (QED) is 0.591. The van der Waals surface area contributed by atoms with E-state index in [0.717, 1.165) is 0 Å². The molecule has 0 aromatic heterocycles. The molecule has 0 spiro atoms. The summed E-state index contributed by atoms with van der Waals surface area (Å²) in [6, 6.07) is 4.28. The van der Waals surface area contributed by atoms with Gasteiger partial charge in [-0.25, -0.2) is 0 Å². The molecule has 1 rings (SSSR count). The van der Waals surface area contributed by atoms with Gasteiger partial charge in [-0.05, 0) is 24.8 Å². The Hall–Kier alpha value is -1.95. The fourth-order valence-electron chi connectivity index (χ4n) is 1.95. The van der Waals surface area contributed by atoms with E-state index in [-0.39, 0.29) is 11.6 Å². The molecule has 6 nitrogen and oxygen atoms in total. The zero-order valence-corrected chi connectivity index (χ0v) is 11.9. The minimum Gasteiger partial charge on any atom is -0.480 e. The summed E-state index contributed by atoms with van der Waals surface area (Å²) >= 11 is 0. The van der Waals surface area contributed by atoms with E-state index in [2.05, 4.69) is 5.32 Å². The first-order valence-electron chi connectivity index (χ1n) is 6.51. The maximum Gasteiger partial charge on any atom is 0.320 e. The number of nitro groups is 1. The molecule has 0 amide bonds. The Morgan fingerprint density at radius 2 is 2.10 bits per heavy atom. The highest BCUT2D eigenvalue weighted by atomic mass is 16.6. The van der Waals surface area contributed by atoms with Crippen LogP contribution in [0.1, 0.15) is 31.4 Å². The highest BCUT2D eigenvalue weighted by Crippen LogP contribution is 2.19. The lowest BCUT2D eigenvalue weighted by molar-refractivity contribution is -0.385. The van der Waals surface area contributed by atoms with E-state index in [0.29, 0.717) is 24.1 Å². The van der Waals surface area contributed by atoms with E-state index in [1.165, 1.54) is 6.07 Å². The first-order valence-corrected chi connectivity index (χ1v) is 6.51. The van der Waals surface area contributed by atoms with Gasteiger partial charge >= 0.3 is 5.97 Å². The topological polar surface area (TPSA) is 92.5 Å². The van der Waals surface area contributed by atoms with Crippen LogP contribution in [0.5, 0.6) is 0 Å². The molecule has 0 fully saturated rings. The van der Waals surface area contributed by atoms with Crippen molar-refractivity contribution in [1.82, 2.24) is 5.32 Å². The summed E-state index contributed by atoms with van der Waals surface area (Å²) < 4.78 is 0. The second kappa shape index (κ2) is 7.00. The lowest BCUT2D eigenvalue weighted by Crippen LogP contribution is -2.37. The number of carboxylic acids is 1. The van der Waals surface area contributed by atoms with Crippen molar-refractivity contribution in [2.24, 2.45) is 5.92 Å². The molecule has 2 N–H and O–H groups in total. The average Bonchev–Trinajstić information content (AvgIpc) is 2.34. The largest absolute Gasteiger partial charge is 0.480 e. The van der Waals surface area contributed by atoms with Crippen molar-refractivity contribution in [2.75, 3.05) is 0 Å². The van der Waals surface area contributed by atoms with Crippen LogP contribution in [-0.4, -0.2) is 22.0 Å². The second-order valence-electron chi connectivity index (χ2n) is 5.28. The SMILES string of the molecule is Cc1ccc(CNC(CC(C)C)C(=O)O)cc1[N+](=O)[O-]. The number of nitro benzene ring substituents is 1. The molecule has 1 aromatic carbocycles. The zero-order valence-electron chi connectivity index (χ0n) is 11.9. The van der Waals surface area contributed by atoms with Gasteiger partial charge in [-0.2, -0.15) is 0 Å². The van der Waals surface area contributed by atoms with Crippen LogP contribution in [0.4, 0.5) is 5.69 Å². The molecule has 0 aliphatic rings. The number of aliphatic carboxylic acids is 1. The standard InChI is InChI=1S/C14H20N2O4/c1-9(2)6-12(14(17)18)15-8-11-5-4-10(3)13(7-11)16(19)20/h4-5,7,9,12,15H,6,8H2,1-3H3,(H,17,18). The molecule has 1 atom stereocenters. The summed E-state index contributed by atoms with van der Waals surface area (Å²) in [4.78, 5) is 21.5. The van der Waals surface area contributed by atoms with Crippen LogP contribution in [0.15, 0.2) is 18.2 Å². The lowest BCUT2D eigenvalue weighted by Gasteiger charge is -2.16. The van der Waals surface area contributed by atoms with Crippen molar-refractivity contribution in [3.8, 4) is 0 Å². The van der Waals surface area contributed by atoms with Crippen molar-refractivity contribution in [3.05, 3.63) is 39.4 Å². The maximum atomic E-state index is 11.1. The lowest BCUT2D eigenvalue weighted by atomic mass is 10.0. The van der Waals surface area contributed by atoms with E-state index in [4.69, 9.17) is 5.11 Å². The van der Waals surface area contributed by atoms with Gasteiger partial charge < -0.3 is 10.4 Å². The molecule has 0 heterocycles. The van der Waals surface area contributed by atoms with Gasteiger partial charge in [-0.1, -0.05) is 26.0 Å². The van der Waals surface area contributed by atoms with Crippen LogP contribution in [0.2, 0.25) is 0 Å². The van der Waals surface area contributed by atoms with E-state index in [9.17, 15) is 14.9 Å². The van der Waals surface area contributed by atoms with Gasteiger partial charge in [0.25, 0.3) is 5.69 Å². The second-order valence-corrected chi connectivity index (χ2v) is 5.28. The van der Waals surface area contributed by atoms with Gasteiger partial charge in [-0.15, -0.1) is 0 Å². The first kappa shape index (κ1) is 16.1. The summed E-state index contributed by atoms with van der Waals surface area (Å²) in [6.45, 7) is 5.88. The third kappa shape index (κ3) is 4.62. The van der Waals surface area contributed by atoms with E-state index in [1.807, 2.05) is 13.8 Å². The van der Waals surface area contributed by atoms with Gasteiger partial charge in [0.1, 0.15) is 6.04 Å². The molecule has 6 heteroatoms. The highest BCUT2D eigenvalue weighted by Gasteiger charge is 2.18. The molecule has 0 saturated heterocycles. The minimum atomic E-state index is -0.902. The summed E-state index contributed by atoms with van der Waals surface area (Å²) in [5.41, 5.74) is 1.35. The maximum absolute atomic E-state index is 11.1.